The van der Waals surface area contributed by atoms with Gasteiger partial charge in [-0.25, -0.2) is 0 Å². The van der Waals surface area contributed by atoms with Crippen LogP contribution in [0.5, 0.6) is 0 Å². The predicted molar refractivity (Wildman–Crippen MR) is 145 cm³/mol. The number of anilines is 2. The van der Waals surface area contributed by atoms with Crippen LogP contribution in [0.1, 0.15) is 49.7 Å². The molecule has 0 aromatic heterocycles. The normalized spacial score (nSPS) is 19.8. The molecule has 2 aromatic carbocycles. The molecule has 1 saturated heterocycles. The molecule has 2 aromatic rings. The monoisotopic (exact) mass is 633 g/mol. The molecule has 0 spiro atoms. The summed E-state index contributed by atoms with van der Waals surface area (Å²) < 4.78 is 85.4. The summed E-state index contributed by atoms with van der Waals surface area (Å²) in [5.74, 6) is -0.357. The maximum Gasteiger partial charge on any atom is 0.423 e. The lowest BCUT2D eigenvalue weighted by atomic mass is 9.92. The van der Waals surface area contributed by atoms with E-state index >= 15 is 0 Å². The van der Waals surface area contributed by atoms with Gasteiger partial charge in [-0.05, 0) is 62.8 Å². The Morgan fingerprint density at radius 3 is 1.91 bits per heavy atom. The first-order chi connectivity index (χ1) is 20.6. The third-order valence-electron chi connectivity index (χ3n) is 7.70. The first kappa shape index (κ1) is 32.8. The zero-order chi connectivity index (χ0) is 32.2. The number of ether oxygens (including phenoxy) is 1. The second-order valence-corrected chi connectivity index (χ2v) is 10.7. The first-order valence-electron chi connectivity index (χ1n) is 13.8. The molecule has 0 unspecified atom stereocenters. The lowest BCUT2D eigenvalue weighted by Gasteiger charge is -2.34. The van der Waals surface area contributed by atoms with E-state index in [-0.39, 0.29) is 42.1 Å². The highest BCUT2D eigenvalue weighted by Crippen LogP contribution is 2.39. The highest BCUT2D eigenvalue weighted by Gasteiger charge is 2.40. The lowest BCUT2D eigenvalue weighted by molar-refractivity contribution is -0.388. The van der Waals surface area contributed by atoms with Crippen molar-refractivity contribution in [2.75, 3.05) is 29.9 Å². The van der Waals surface area contributed by atoms with Crippen LogP contribution in [0.4, 0.5) is 49.1 Å². The second kappa shape index (κ2) is 13.2. The predicted octanol–water partition coefficient (Wildman–Crippen LogP) is 6.07. The Bertz CT molecular complexity index is 1370. The van der Waals surface area contributed by atoms with Gasteiger partial charge in [0.25, 0.3) is 11.4 Å². The molecular formula is C27H29F6N5O6. The van der Waals surface area contributed by atoms with Crippen molar-refractivity contribution in [3.63, 3.8) is 0 Å². The van der Waals surface area contributed by atoms with E-state index in [1.54, 1.807) is 4.90 Å². The number of piperidine rings is 1. The molecule has 1 saturated carbocycles. The Balaban J connectivity index is 1.19. The number of rotatable bonds is 9. The van der Waals surface area contributed by atoms with Gasteiger partial charge in [0.1, 0.15) is 17.7 Å². The minimum atomic E-state index is -4.88. The van der Waals surface area contributed by atoms with Crippen molar-refractivity contribution in [1.82, 2.24) is 5.32 Å². The Kier molecular flexibility index (Phi) is 9.85. The number of nitrogens with zero attached hydrogens (tertiary/aromatic N) is 3. The van der Waals surface area contributed by atoms with Gasteiger partial charge in [-0.3, -0.25) is 25.0 Å². The molecule has 1 aliphatic carbocycles. The van der Waals surface area contributed by atoms with Crippen molar-refractivity contribution in [3.8, 4) is 0 Å². The number of alkyl halides is 6. The molecule has 0 radical (unpaired) electrons. The average molecular weight is 634 g/mol. The minimum Gasteiger partial charge on any atom is -0.382 e. The Morgan fingerprint density at radius 1 is 0.818 bits per heavy atom. The maximum atomic E-state index is 13.3. The van der Waals surface area contributed by atoms with Crippen LogP contribution >= 0.6 is 0 Å². The summed E-state index contributed by atoms with van der Waals surface area (Å²) in [6, 6.07) is 5.24. The lowest BCUT2D eigenvalue weighted by Crippen LogP contribution is -2.46. The van der Waals surface area contributed by atoms with Gasteiger partial charge in [0.15, 0.2) is 0 Å². The van der Waals surface area contributed by atoms with Crippen LogP contribution in [-0.2, 0) is 21.9 Å². The van der Waals surface area contributed by atoms with E-state index < -0.39 is 44.7 Å². The summed E-state index contributed by atoms with van der Waals surface area (Å²) >= 11 is 0. The topological polar surface area (TPSA) is 140 Å². The van der Waals surface area contributed by atoms with E-state index in [4.69, 9.17) is 4.74 Å². The average Bonchev–Trinajstić information content (AvgIpc) is 2.96. The van der Waals surface area contributed by atoms with Gasteiger partial charge >= 0.3 is 12.4 Å². The van der Waals surface area contributed by atoms with Crippen LogP contribution in [0.25, 0.3) is 0 Å². The number of halogens is 6. The maximum absolute atomic E-state index is 13.3. The van der Waals surface area contributed by atoms with Crippen molar-refractivity contribution in [2.45, 2.75) is 69.1 Å². The van der Waals surface area contributed by atoms with Crippen molar-refractivity contribution in [3.05, 3.63) is 67.8 Å². The summed E-state index contributed by atoms with van der Waals surface area (Å²) in [5.41, 5.74) is -4.37. The Hall–Kier alpha value is -4.15. The first-order valence-corrected chi connectivity index (χ1v) is 13.8. The highest BCUT2D eigenvalue weighted by atomic mass is 19.4. The van der Waals surface area contributed by atoms with Crippen LogP contribution in [0.3, 0.4) is 0 Å². The minimum absolute atomic E-state index is 0.118. The molecule has 1 heterocycles. The van der Waals surface area contributed by atoms with Gasteiger partial charge in [0, 0.05) is 48.7 Å². The van der Waals surface area contributed by atoms with E-state index in [2.05, 4.69) is 10.6 Å². The van der Waals surface area contributed by atoms with Gasteiger partial charge in [0.05, 0.1) is 16.0 Å². The molecule has 4 rings (SSSR count). The number of nitrogens with one attached hydrogen (secondary N) is 2. The number of nitro benzene ring substituents is 2. The fourth-order valence-electron chi connectivity index (χ4n) is 5.47. The summed E-state index contributed by atoms with van der Waals surface area (Å²) in [4.78, 5) is 33.9. The zero-order valence-corrected chi connectivity index (χ0v) is 23.1. The SMILES string of the molecule is O=C(CO[C@H]1CC[C@H](Nc2ccc([N+](=O)[O-])c(C(F)(F)F)c2)CC1)NC1CCN(c2ccc([N+](=O)[O-])c(C(F)(F)F)c2)CC1. The number of carbonyl (C=O) groups is 1. The fraction of sp³-hybridized carbons (Fsp3) is 0.519. The van der Waals surface area contributed by atoms with E-state index in [0.29, 0.717) is 51.6 Å². The van der Waals surface area contributed by atoms with E-state index in [0.717, 1.165) is 24.3 Å². The molecule has 1 amide bonds. The van der Waals surface area contributed by atoms with Crippen LogP contribution < -0.4 is 15.5 Å². The zero-order valence-electron chi connectivity index (χ0n) is 23.1. The molecule has 2 aliphatic rings. The van der Waals surface area contributed by atoms with Crippen molar-refractivity contribution in [1.29, 1.82) is 0 Å². The third kappa shape index (κ3) is 8.27. The van der Waals surface area contributed by atoms with Crippen molar-refractivity contribution in [2.24, 2.45) is 0 Å². The fourth-order valence-corrected chi connectivity index (χ4v) is 5.47. The second-order valence-electron chi connectivity index (χ2n) is 10.7. The van der Waals surface area contributed by atoms with E-state index in [1.165, 1.54) is 12.1 Å². The number of nitro groups is 2. The number of benzene rings is 2. The van der Waals surface area contributed by atoms with Gasteiger partial charge in [0.2, 0.25) is 5.91 Å². The number of hydrogen-bond acceptors (Lipinski definition) is 8. The number of amides is 1. The standard InChI is InChI=1S/C27H29F6N5O6/c28-26(29,30)21-13-18(3-7-23(21)37(40)41)34-16-1-5-20(6-2-16)44-15-25(39)35-17-9-11-36(12-10-17)19-4-8-24(38(42)43)22(14-19)27(31,32)33/h3-4,7-8,13-14,16-17,20,34H,1-2,5-6,9-12,15H2,(H,35,39)/t16-,20-. The van der Waals surface area contributed by atoms with Crippen LogP contribution in [0.15, 0.2) is 36.4 Å². The van der Waals surface area contributed by atoms with Gasteiger partial charge in [-0.1, -0.05) is 0 Å². The number of carbonyl (C=O) groups excluding carboxylic acids is 1. The summed E-state index contributed by atoms with van der Waals surface area (Å²) in [6.45, 7) is 0.450. The quantitative estimate of drug-likeness (QED) is 0.193. The van der Waals surface area contributed by atoms with Gasteiger partial charge in [-0.15, -0.1) is 0 Å². The van der Waals surface area contributed by atoms with Gasteiger partial charge < -0.3 is 20.3 Å². The van der Waals surface area contributed by atoms with Crippen LogP contribution in [0, 0.1) is 20.2 Å². The smallest absolute Gasteiger partial charge is 0.382 e. The van der Waals surface area contributed by atoms with E-state index in [1.807, 2.05) is 0 Å². The molecule has 11 nitrogen and oxygen atoms in total. The Morgan fingerprint density at radius 2 is 1.36 bits per heavy atom. The van der Waals surface area contributed by atoms with Gasteiger partial charge in [-0.2, -0.15) is 26.3 Å². The summed E-state index contributed by atoms with van der Waals surface area (Å²) in [7, 11) is 0. The molecule has 44 heavy (non-hydrogen) atoms. The van der Waals surface area contributed by atoms with Crippen LogP contribution in [0.2, 0.25) is 0 Å². The molecular weight excluding hydrogens is 604 g/mol. The molecule has 0 atom stereocenters. The molecule has 2 N–H and O–H groups in total. The summed E-state index contributed by atoms with van der Waals surface area (Å²) in [6.07, 6.45) is -6.95. The molecule has 17 heteroatoms. The molecule has 2 fully saturated rings. The number of hydrogen-bond donors (Lipinski definition) is 2. The molecule has 1 aliphatic heterocycles. The Labute approximate surface area is 246 Å². The third-order valence-corrected chi connectivity index (χ3v) is 7.70. The molecule has 240 valence electrons. The van der Waals surface area contributed by atoms with Crippen molar-refractivity contribution < 1.29 is 45.7 Å². The van der Waals surface area contributed by atoms with Crippen molar-refractivity contribution >= 4 is 28.7 Å². The largest absolute Gasteiger partial charge is 0.423 e. The molecule has 0 bridgehead atoms. The highest BCUT2D eigenvalue weighted by molar-refractivity contribution is 5.77. The summed E-state index contributed by atoms with van der Waals surface area (Å²) in [5, 5.41) is 27.8. The van der Waals surface area contributed by atoms with E-state index in [9.17, 15) is 51.4 Å². The van der Waals surface area contributed by atoms with Crippen LogP contribution in [-0.4, -0.2) is 53.6 Å².